The predicted octanol–water partition coefficient (Wildman–Crippen LogP) is 5.58. The first-order valence-corrected chi connectivity index (χ1v) is 13.5. The molecule has 1 heterocycles. The summed E-state index contributed by atoms with van der Waals surface area (Å²) in [5.74, 6) is 1.84. The van der Waals surface area contributed by atoms with Crippen LogP contribution in [0.1, 0.15) is 24.5 Å². The Morgan fingerprint density at radius 1 is 1.00 bits per heavy atom. The van der Waals surface area contributed by atoms with E-state index in [1.165, 1.54) is 0 Å². The topological polar surface area (TPSA) is 68.2 Å². The van der Waals surface area contributed by atoms with Gasteiger partial charge in [0.25, 0.3) is 11.8 Å². The fourth-order valence-corrected chi connectivity index (χ4v) is 6.82. The van der Waals surface area contributed by atoms with Crippen LogP contribution in [-0.4, -0.2) is 29.6 Å². The normalized spacial score (nSPS) is 30.1. The van der Waals surface area contributed by atoms with E-state index in [4.69, 9.17) is 9.47 Å². The molecule has 1 aliphatic heterocycles. The molecule has 0 N–H and O–H groups in total. The minimum Gasteiger partial charge on any atom is -0.490 e. The van der Waals surface area contributed by atoms with E-state index in [1.54, 1.807) is 6.21 Å². The van der Waals surface area contributed by atoms with Crippen molar-refractivity contribution in [2.45, 2.75) is 20.0 Å². The maximum Gasteiger partial charge on any atom is 0.254 e. The second-order valence-corrected chi connectivity index (χ2v) is 11.3. The van der Waals surface area contributed by atoms with E-state index in [2.05, 4.69) is 49.1 Å². The number of hydrazone groups is 1. The minimum atomic E-state index is -0.251. The van der Waals surface area contributed by atoms with Gasteiger partial charge in [-0.25, -0.2) is 0 Å². The lowest BCUT2D eigenvalue weighted by Crippen LogP contribution is -2.40. The van der Waals surface area contributed by atoms with E-state index >= 15 is 0 Å². The van der Waals surface area contributed by atoms with Crippen molar-refractivity contribution in [1.82, 2.24) is 5.01 Å². The van der Waals surface area contributed by atoms with Crippen LogP contribution in [0, 0.1) is 35.5 Å². The smallest absolute Gasteiger partial charge is 0.254 e. The molecule has 7 rings (SSSR count). The van der Waals surface area contributed by atoms with Gasteiger partial charge in [0.05, 0.1) is 29.1 Å². The molecule has 0 radical (unpaired) electrons. The number of amides is 2. The minimum absolute atomic E-state index is 0.167. The number of rotatable bonds is 7. The molecule has 180 valence electrons. The van der Waals surface area contributed by atoms with Crippen molar-refractivity contribution >= 4 is 49.9 Å². The van der Waals surface area contributed by atoms with Crippen LogP contribution in [0.2, 0.25) is 0 Å². The summed E-state index contributed by atoms with van der Waals surface area (Å²) in [5.41, 5.74) is 1.73. The highest BCUT2D eigenvalue weighted by Crippen LogP contribution is 2.65. The van der Waals surface area contributed by atoms with Crippen molar-refractivity contribution in [1.29, 1.82) is 0 Å². The number of hydrogen-bond acceptors (Lipinski definition) is 5. The largest absolute Gasteiger partial charge is 0.490 e. The Bertz CT molecular complexity index is 1220. The van der Waals surface area contributed by atoms with Crippen molar-refractivity contribution in [3.05, 3.63) is 68.6 Å². The summed E-state index contributed by atoms with van der Waals surface area (Å²) < 4.78 is 13.6. The third-order valence-corrected chi connectivity index (χ3v) is 8.71. The maximum absolute atomic E-state index is 13.2. The summed E-state index contributed by atoms with van der Waals surface area (Å²) in [6, 6.07) is 11.6. The fourth-order valence-electron chi connectivity index (χ4n) is 5.98. The zero-order chi connectivity index (χ0) is 24.3. The lowest BCUT2D eigenvalue weighted by atomic mass is 9.63. The molecule has 3 fully saturated rings. The number of imide groups is 1. The lowest BCUT2D eigenvalue weighted by Gasteiger charge is -2.37. The SMILES string of the molecule is CCOc1cc(/C=N\N2C(=O)[C@@H]3[C@H]4C=C[C@@H]([C@@H]5C[C@H]45)[C@@H]3C2=O)cc(Br)c1OCc1ccc(Br)cc1. The van der Waals surface area contributed by atoms with Crippen LogP contribution in [0.4, 0.5) is 0 Å². The van der Waals surface area contributed by atoms with E-state index in [1.807, 2.05) is 43.3 Å². The summed E-state index contributed by atoms with van der Waals surface area (Å²) in [7, 11) is 0. The van der Waals surface area contributed by atoms with Crippen molar-refractivity contribution in [3.63, 3.8) is 0 Å². The van der Waals surface area contributed by atoms with Crippen LogP contribution in [0.15, 0.2) is 62.6 Å². The van der Waals surface area contributed by atoms with Crippen LogP contribution in [0.3, 0.4) is 0 Å². The van der Waals surface area contributed by atoms with Crippen LogP contribution < -0.4 is 9.47 Å². The summed E-state index contributed by atoms with van der Waals surface area (Å²) in [6.45, 7) is 2.76. The summed E-state index contributed by atoms with van der Waals surface area (Å²) in [5, 5.41) is 5.45. The highest BCUT2D eigenvalue weighted by Gasteiger charge is 2.67. The highest BCUT2D eigenvalue weighted by molar-refractivity contribution is 9.10. The zero-order valence-electron chi connectivity index (χ0n) is 19.1. The van der Waals surface area contributed by atoms with Crippen LogP contribution >= 0.6 is 31.9 Å². The van der Waals surface area contributed by atoms with Gasteiger partial charge in [-0.3, -0.25) is 9.59 Å². The molecule has 2 bridgehead atoms. The first-order chi connectivity index (χ1) is 17.0. The molecule has 2 aromatic carbocycles. The molecular weight excluding hydrogens is 576 g/mol. The lowest BCUT2D eigenvalue weighted by molar-refractivity contribution is -0.140. The standard InChI is InChI=1S/C27H24Br2N2O4/c1-2-34-22-10-15(9-21(29)25(22)35-13-14-3-5-16(28)6-4-14)12-30-31-26(32)23-17-7-8-18(20-11-19(17)20)24(23)27(31)33/h3-10,12,17-20,23-24H,2,11,13H2,1H3/b30-12-/t17-,18-,19-,20+,23-,24+/m0/s1. The number of carbonyl (C=O) groups is 2. The highest BCUT2D eigenvalue weighted by atomic mass is 79.9. The predicted molar refractivity (Wildman–Crippen MR) is 138 cm³/mol. The molecule has 2 saturated carbocycles. The Labute approximate surface area is 220 Å². The van der Waals surface area contributed by atoms with Gasteiger partial charge in [-0.05, 0) is 88.3 Å². The number of carbonyl (C=O) groups excluding carboxylic acids is 2. The van der Waals surface area contributed by atoms with Gasteiger partial charge in [0, 0.05) is 4.47 Å². The molecule has 0 spiro atoms. The van der Waals surface area contributed by atoms with E-state index in [-0.39, 0.29) is 35.5 Å². The Balaban J connectivity index is 1.21. The maximum atomic E-state index is 13.2. The number of allylic oxidation sites excluding steroid dienone is 2. The monoisotopic (exact) mass is 598 g/mol. The Kier molecular flexibility index (Phi) is 5.84. The first-order valence-electron chi connectivity index (χ1n) is 11.9. The van der Waals surface area contributed by atoms with Gasteiger partial charge >= 0.3 is 0 Å². The molecule has 6 nitrogen and oxygen atoms in total. The Morgan fingerprint density at radius 2 is 1.66 bits per heavy atom. The van der Waals surface area contributed by atoms with E-state index in [9.17, 15) is 9.59 Å². The molecule has 2 amide bonds. The second-order valence-electron chi connectivity index (χ2n) is 9.57. The first kappa shape index (κ1) is 23.0. The van der Waals surface area contributed by atoms with Crippen LogP contribution in [-0.2, 0) is 16.2 Å². The zero-order valence-corrected chi connectivity index (χ0v) is 22.2. The summed E-state index contributed by atoms with van der Waals surface area (Å²) in [4.78, 5) is 26.3. The average Bonchev–Trinajstić information content (AvgIpc) is 3.63. The van der Waals surface area contributed by atoms with Gasteiger partial charge in [0.1, 0.15) is 6.61 Å². The van der Waals surface area contributed by atoms with Gasteiger partial charge in [-0.15, -0.1) is 0 Å². The quantitative estimate of drug-likeness (QED) is 0.237. The molecule has 6 atom stereocenters. The number of halogens is 2. The number of hydrogen-bond donors (Lipinski definition) is 0. The van der Waals surface area contributed by atoms with Gasteiger partial charge in [0.2, 0.25) is 0 Å². The molecule has 0 unspecified atom stereocenters. The van der Waals surface area contributed by atoms with Crippen LogP contribution in [0.5, 0.6) is 11.5 Å². The van der Waals surface area contributed by atoms with E-state index in [0.29, 0.717) is 46.6 Å². The van der Waals surface area contributed by atoms with Gasteiger partial charge in [-0.1, -0.05) is 40.2 Å². The molecule has 35 heavy (non-hydrogen) atoms. The average molecular weight is 600 g/mol. The molecule has 1 saturated heterocycles. The number of nitrogens with zero attached hydrogens (tertiary/aromatic N) is 2. The van der Waals surface area contributed by atoms with Crippen molar-refractivity contribution in [2.24, 2.45) is 40.6 Å². The van der Waals surface area contributed by atoms with Gasteiger partial charge in [0.15, 0.2) is 11.5 Å². The Morgan fingerprint density at radius 3 is 2.29 bits per heavy atom. The summed E-state index contributed by atoms with van der Waals surface area (Å²) in [6.07, 6.45) is 7.02. The number of benzene rings is 2. The molecular formula is C27H24Br2N2O4. The van der Waals surface area contributed by atoms with Crippen LogP contribution in [0.25, 0.3) is 0 Å². The van der Waals surface area contributed by atoms with Crippen molar-refractivity contribution < 1.29 is 19.1 Å². The van der Waals surface area contributed by atoms with Gasteiger partial charge < -0.3 is 9.47 Å². The molecule has 4 aliphatic carbocycles. The van der Waals surface area contributed by atoms with E-state index < -0.39 is 0 Å². The fraction of sp³-hybridized carbons (Fsp3) is 0.370. The second kappa shape index (κ2) is 8.89. The van der Waals surface area contributed by atoms with Crippen molar-refractivity contribution in [2.75, 3.05) is 6.61 Å². The Hall–Kier alpha value is -2.45. The van der Waals surface area contributed by atoms with E-state index in [0.717, 1.165) is 21.5 Å². The molecule has 8 heteroatoms. The summed E-state index contributed by atoms with van der Waals surface area (Å²) >= 11 is 7.03. The number of ether oxygens (including phenoxy) is 2. The third-order valence-electron chi connectivity index (χ3n) is 7.59. The molecule has 2 aromatic rings. The van der Waals surface area contributed by atoms with Gasteiger partial charge in [-0.2, -0.15) is 10.1 Å². The third kappa shape index (κ3) is 3.95. The molecule has 5 aliphatic rings. The van der Waals surface area contributed by atoms with Crippen molar-refractivity contribution in [3.8, 4) is 11.5 Å². The molecule has 0 aromatic heterocycles.